The Morgan fingerprint density at radius 2 is 1.92 bits per heavy atom. The van der Waals surface area contributed by atoms with E-state index in [1.54, 1.807) is 6.08 Å². The van der Waals surface area contributed by atoms with Crippen LogP contribution in [0.3, 0.4) is 0 Å². The Balaban J connectivity index is 3.96. The molecule has 2 unspecified atom stereocenters. The molecule has 0 bridgehead atoms. The van der Waals surface area contributed by atoms with Crippen molar-refractivity contribution in [3.8, 4) is 12.3 Å². The van der Waals surface area contributed by atoms with Gasteiger partial charge in [-0.05, 0) is 0 Å². The predicted molar refractivity (Wildman–Crippen MR) is 57.9 cm³/mol. The maximum atomic E-state index is 9.39. The van der Waals surface area contributed by atoms with Crippen molar-refractivity contribution in [1.82, 2.24) is 0 Å². The fourth-order valence-corrected chi connectivity index (χ4v) is 1.57. The first-order valence-corrected chi connectivity index (χ1v) is 7.94. The zero-order valence-corrected chi connectivity index (χ0v) is 9.49. The van der Waals surface area contributed by atoms with E-state index >= 15 is 0 Å². The molecule has 3 heteroatoms. The number of aliphatic hydroxyl groups excluding tert-OH is 2. The number of hydrogen-bond donors (Lipinski definition) is 2. The van der Waals surface area contributed by atoms with Crippen molar-refractivity contribution < 1.29 is 10.2 Å². The van der Waals surface area contributed by atoms with Gasteiger partial charge in [-0.25, -0.2) is 0 Å². The van der Waals surface area contributed by atoms with Gasteiger partial charge in [0.2, 0.25) is 0 Å². The number of hydrogen-bond acceptors (Lipinski definition) is 2. The third-order valence-corrected chi connectivity index (χ3v) is 2.67. The molecule has 0 spiro atoms. The van der Waals surface area contributed by atoms with Gasteiger partial charge in [-0.15, -0.1) is 6.42 Å². The molecule has 0 aliphatic carbocycles. The molecule has 0 saturated heterocycles. The zero-order valence-electron chi connectivity index (χ0n) is 8.49. The minimum atomic E-state index is -1.26. The third-order valence-electron chi connectivity index (χ3n) is 1.48. The number of aliphatic hydroxyl groups is 2. The Morgan fingerprint density at radius 1 is 1.38 bits per heavy atom. The fraction of sp³-hybridized carbons (Fsp3) is 0.600. The Morgan fingerprint density at radius 3 is 2.31 bits per heavy atom. The topological polar surface area (TPSA) is 40.5 Å². The molecular weight excluding hydrogens is 180 g/mol. The van der Waals surface area contributed by atoms with Crippen molar-refractivity contribution in [2.45, 2.75) is 38.3 Å². The highest BCUT2D eigenvalue weighted by Gasteiger charge is 2.10. The van der Waals surface area contributed by atoms with Gasteiger partial charge in [0.1, 0.15) is 6.10 Å². The maximum Gasteiger partial charge on any atom is 0.117 e. The van der Waals surface area contributed by atoms with Crippen LogP contribution in [0.1, 0.15) is 6.42 Å². The van der Waals surface area contributed by atoms with Gasteiger partial charge in [0.05, 0.1) is 14.2 Å². The lowest BCUT2D eigenvalue weighted by molar-refractivity contribution is 0.138. The minimum absolute atomic E-state index is 0.220. The average Bonchev–Trinajstić information content (AvgIpc) is 1.99. The van der Waals surface area contributed by atoms with E-state index in [1.807, 2.05) is 5.70 Å². The fourth-order valence-electron chi connectivity index (χ4n) is 0.775. The van der Waals surface area contributed by atoms with Crippen molar-refractivity contribution in [3.05, 3.63) is 11.8 Å². The number of terminal acetylenes is 1. The molecule has 2 nitrogen and oxygen atoms in total. The van der Waals surface area contributed by atoms with Crippen LogP contribution in [0.25, 0.3) is 0 Å². The monoisotopic (exact) mass is 198 g/mol. The summed E-state index contributed by atoms with van der Waals surface area (Å²) in [6, 6.07) is 0. The van der Waals surface area contributed by atoms with Gasteiger partial charge in [0, 0.05) is 6.42 Å². The highest BCUT2D eigenvalue weighted by Crippen LogP contribution is 2.05. The van der Waals surface area contributed by atoms with E-state index in [4.69, 9.17) is 11.5 Å². The molecule has 2 N–H and O–H groups in total. The van der Waals surface area contributed by atoms with Crippen LogP contribution >= 0.6 is 0 Å². The Kier molecular flexibility index (Phi) is 5.00. The van der Waals surface area contributed by atoms with Crippen LogP contribution in [0.2, 0.25) is 19.6 Å². The van der Waals surface area contributed by atoms with E-state index in [2.05, 4.69) is 25.6 Å². The molecule has 0 saturated carbocycles. The molecule has 13 heavy (non-hydrogen) atoms. The first-order chi connectivity index (χ1) is 5.85. The highest BCUT2D eigenvalue weighted by molar-refractivity contribution is 6.80. The first kappa shape index (κ1) is 12.4. The summed E-state index contributed by atoms with van der Waals surface area (Å²) in [5, 5.41) is 18.4. The summed E-state index contributed by atoms with van der Waals surface area (Å²) in [7, 11) is -1.26. The summed E-state index contributed by atoms with van der Waals surface area (Å²) in [4.78, 5) is 0. The molecule has 0 amide bonds. The largest absolute Gasteiger partial charge is 0.389 e. The van der Waals surface area contributed by atoms with Gasteiger partial charge in [0.25, 0.3) is 0 Å². The van der Waals surface area contributed by atoms with E-state index in [1.165, 1.54) is 0 Å². The maximum absolute atomic E-state index is 9.39. The lowest BCUT2D eigenvalue weighted by Crippen LogP contribution is -2.19. The van der Waals surface area contributed by atoms with Crippen LogP contribution in [0.5, 0.6) is 0 Å². The molecule has 0 aromatic rings. The van der Waals surface area contributed by atoms with Crippen LogP contribution < -0.4 is 0 Å². The van der Waals surface area contributed by atoms with Crippen molar-refractivity contribution >= 4 is 8.07 Å². The lowest BCUT2D eigenvalue weighted by atomic mass is 10.2. The van der Waals surface area contributed by atoms with E-state index in [9.17, 15) is 5.11 Å². The second-order valence-corrected chi connectivity index (χ2v) is 9.28. The summed E-state index contributed by atoms with van der Waals surface area (Å²) in [5.41, 5.74) is 2.04. The molecule has 0 rings (SSSR count). The Hall–Kier alpha value is -0.563. The zero-order chi connectivity index (χ0) is 10.5. The SMILES string of the molecule is C#CC(O)CC(O)C=C[Si](C)(C)C. The molecule has 0 aromatic heterocycles. The smallest absolute Gasteiger partial charge is 0.117 e. The summed E-state index contributed by atoms with van der Waals surface area (Å²) in [6.07, 6.45) is 5.45. The van der Waals surface area contributed by atoms with Gasteiger partial charge in [0.15, 0.2) is 0 Å². The molecule has 0 aliphatic heterocycles. The van der Waals surface area contributed by atoms with Gasteiger partial charge < -0.3 is 10.2 Å². The normalized spacial score (nSPS) is 16.9. The standard InChI is InChI=1S/C10H18O2Si/c1-5-9(11)8-10(12)6-7-13(2,3)4/h1,6-7,9-12H,8H2,2-4H3. The second-order valence-electron chi connectivity index (χ2n) is 4.21. The summed E-state index contributed by atoms with van der Waals surface area (Å²) in [5.74, 6) is 2.17. The quantitative estimate of drug-likeness (QED) is 0.526. The summed E-state index contributed by atoms with van der Waals surface area (Å²) < 4.78 is 0. The van der Waals surface area contributed by atoms with Crippen molar-refractivity contribution in [3.63, 3.8) is 0 Å². The first-order valence-electron chi connectivity index (χ1n) is 4.37. The summed E-state index contributed by atoms with van der Waals surface area (Å²) in [6.45, 7) is 6.52. The molecule has 2 atom stereocenters. The Labute approximate surface area is 81.3 Å². The van der Waals surface area contributed by atoms with Gasteiger partial charge >= 0.3 is 0 Å². The van der Waals surface area contributed by atoms with Crippen LogP contribution in [0, 0.1) is 12.3 Å². The molecular formula is C10H18O2Si. The van der Waals surface area contributed by atoms with Crippen LogP contribution in [0.4, 0.5) is 0 Å². The van der Waals surface area contributed by atoms with Gasteiger partial charge in [-0.1, -0.05) is 37.3 Å². The van der Waals surface area contributed by atoms with Crippen LogP contribution in [-0.4, -0.2) is 30.5 Å². The summed E-state index contributed by atoms with van der Waals surface area (Å²) >= 11 is 0. The van der Waals surface area contributed by atoms with E-state index in [0.29, 0.717) is 0 Å². The molecule has 0 radical (unpaired) electrons. The van der Waals surface area contributed by atoms with Crippen LogP contribution in [-0.2, 0) is 0 Å². The third kappa shape index (κ3) is 7.79. The van der Waals surface area contributed by atoms with Gasteiger partial charge in [-0.2, -0.15) is 0 Å². The van der Waals surface area contributed by atoms with E-state index in [-0.39, 0.29) is 6.42 Å². The highest BCUT2D eigenvalue weighted by atomic mass is 28.3. The average molecular weight is 198 g/mol. The Bertz CT molecular complexity index is 210. The van der Waals surface area contributed by atoms with E-state index in [0.717, 1.165) is 0 Å². The predicted octanol–water partition coefficient (Wildman–Crippen LogP) is 1.17. The molecule has 0 aliphatic rings. The van der Waals surface area contributed by atoms with E-state index < -0.39 is 20.3 Å². The molecule has 0 fully saturated rings. The second kappa shape index (κ2) is 5.23. The van der Waals surface area contributed by atoms with Gasteiger partial charge in [-0.3, -0.25) is 0 Å². The van der Waals surface area contributed by atoms with Crippen molar-refractivity contribution in [2.24, 2.45) is 0 Å². The van der Waals surface area contributed by atoms with Crippen molar-refractivity contribution in [1.29, 1.82) is 0 Å². The van der Waals surface area contributed by atoms with Crippen molar-refractivity contribution in [2.75, 3.05) is 0 Å². The molecule has 0 aromatic carbocycles. The van der Waals surface area contributed by atoms with Crippen LogP contribution in [0.15, 0.2) is 11.8 Å². The minimum Gasteiger partial charge on any atom is -0.389 e. The molecule has 74 valence electrons. The lowest BCUT2D eigenvalue weighted by Gasteiger charge is -2.11. The number of rotatable bonds is 4. The molecule has 0 heterocycles.